The smallest absolute Gasteiger partial charge is 0.348 e. The molecule has 0 bridgehead atoms. The Morgan fingerprint density at radius 3 is 2.63 bits per heavy atom. The second kappa shape index (κ2) is 9.40. The van der Waals surface area contributed by atoms with Crippen molar-refractivity contribution in [3.63, 3.8) is 0 Å². The van der Waals surface area contributed by atoms with Gasteiger partial charge in [-0.3, -0.25) is 0 Å². The second-order valence-corrected chi connectivity index (χ2v) is 9.48. The molecule has 1 aliphatic rings. The van der Waals surface area contributed by atoms with Gasteiger partial charge in [0.05, 0.1) is 23.8 Å². The lowest BCUT2D eigenvalue weighted by molar-refractivity contribution is 0.0703. The summed E-state index contributed by atoms with van der Waals surface area (Å²) in [5.41, 5.74) is 0.534. The number of aromatic nitrogens is 1. The molecule has 0 aromatic carbocycles. The highest BCUT2D eigenvalue weighted by molar-refractivity contribution is 7.15. The van der Waals surface area contributed by atoms with Gasteiger partial charge in [0.15, 0.2) is 0 Å². The summed E-state index contributed by atoms with van der Waals surface area (Å²) < 4.78 is 11.2. The van der Waals surface area contributed by atoms with Crippen molar-refractivity contribution in [3.8, 4) is 23.5 Å². The molecular formula is C23H28N2O4S. The van der Waals surface area contributed by atoms with Crippen molar-refractivity contribution in [2.24, 2.45) is 5.41 Å². The number of thiophene rings is 1. The molecule has 2 heterocycles. The first kappa shape index (κ1) is 22.0. The largest absolute Gasteiger partial charge is 0.490 e. The lowest BCUT2D eigenvalue weighted by Gasteiger charge is -2.30. The number of carboxylic acid groups (broad SMARTS) is 1. The normalized spacial score (nSPS) is 18.8. The molecule has 0 amide bonds. The fourth-order valence-electron chi connectivity index (χ4n) is 3.28. The highest BCUT2D eigenvalue weighted by Crippen LogP contribution is 2.31. The van der Waals surface area contributed by atoms with E-state index < -0.39 is 5.97 Å². The van der Waals surface area contributed by atoms with Crippen molar-refractivity contribution in [1.82, 2.24) is 4.98 Å². The van der Waals surface area contributed by atoms with Gasteiger partial charge >= 0.3 is 5.97 Å². The van der Waals surface area contributed by atoms with Gasteiger partial charge in [0, 0.05) is 23.7 Å². The van der Waals surface area contributed by atoms with Crippen LogP contribution in [0.5, 0.6) is 11.6 Å². The van der Waals surface area contributed by atoms with Crippen molar-refractivity contribution in [3.05, 3.63) is 34.2 Å². The molecule has 1 fully saturated rings. The first-order chi connectivity index (χ1) is 14.2. The highest BCUT2D eigenvalue weighted by Gasteiger charge is 2.25. The zero-order chi connectivity index (χ0) is 21.7. The topological polar surface area (TPSA) is 80.7 Å². The third kappa shape index (κ3) is 6.14. The van der Waals surface area contributed by atoms with Crippen molar-refractivity contribution >= 4 is 23.0 Å². The molecule has 1 aliphatic carbocycles. The van der Waals surface area contributed by atoms with Crippen molar-refractivity contribution in [1.29, 1.82) is 0 Å². The summed E-state index contributed by atoms with van der Waals surface area (Å²) in [6.07, 6.45) is 5.41. The van der Waals surface area contributed by atoms with E-state index in [0.717, 1.165) is 36.3 Å². The summed E-state index contributed by atoms with van der Waals surface area (Å²) in [5.74, 6) is 6.65. The summed E-state index contributed by atoms with van der Waals surface area (Å²) >= 11 is 1.22. The molecule has 30 heavy (non-hydrogen) atoms. The molecule has 0 spiro atoms. The van der Waals surface area contributed by atoms with E-state index in [-0.39, 0.29) is 17.6 Å². The molecule has 6 nitrogen and oxygen atoms in total. The van der Waals surface area contributed by atoms with Gasteiger partial charge in [0.2, 0.25) is 5.88 Å². The number of anilines is 1. The van der Waals surface area contributed by atoms with Gasteiger partial charge < -0.3 is 19.9 Å². The van der Waals surface area contributed by atoms with Crippen LogP contribution in [0, 0.1) is 17.3 Å². The molecule has 2 N–H and O–H groups in total. The van der Waals surface area contributed by atoms with Crippen LogP contribution in [0.3, 0.4) is 0 Å². The predicted octanol–water partition coefficient (Wildman–Crippen LogP) is 5.05. The van der Waals surface area contributed by atoms with Crippen LogP contribution in [0.25, 0.3) is 0 Å². The monoisotopic (exact) mass is 428 g/mol. The van der Waals surface area contributed by atoms with Crippen LogP contribution in [0.2, 0.25) is 0 Å². The Balaban J connectivity index is 1.60. The van der Waals surface area contributed by atoms with E-state index in [9.17, 15) is 9.90 Å². The summed E-state index contributed by atoms with van der Waals surface area (Å²) in [6, 6.07) is 5.69. The standard InChI is InChI=1S/C23H28N2O4S/c1-23(2,3)11-9-18-14-19(21(30-18)22(26)27)25-15-5-7-16(8-6-15)29-17-10-12-24-20(13-17)28-4/h10,12-16,25H,5-8H2,1-4H3,(H,26,27). The van der Waals surface area contributed by atoms with E-state index in [1.165, 1.54) is 11.3 Å². The Kier molecular flexibility index (Phi) is 6.88. The summed E-state index contributed by atoms with van der Waals surface area (Å²) in [7, 11) is 1.58. The Labute approximate surface area is 181 Å². The van der Waals surface area contributed by atoms with Crippen LogP contribution in [0.15, 0.2) is 24.4 Å². The first-order valence-electron chi connectivity index (χ1n) is 10.1. The minimum atomic E-state index is -0.921. The summed E-state index contributed by atoms with van der Waals surface area (Å²) in [6.45, 7) is 6.11. The number of hydrogen-bond donors (Lipinski definition) is 2. The van der Waals surface area contributed by atoms with E-state index >= 15 is 0 Å². The predicted molar refractivity (Wildman–Crippen MR) is 119 cm³/mol. The average Bonchev–Trinajstić information content (AvgIpc) is 3.11. The third-order valence-electron chi connectivity index (χ3n) is 4.74. The SMILES string of the molecule is COc1cc(OC2CCC(Nc3cc(C#CC(C)(C)C)sc3C(=O)O)CC2)ccn1. The summed E-state index contributed by atoms with van der Waals surface area (Å²) in [5, 5.41) is 13.0. The molecular weight excluding hydrogens is 400 g/mol. The van der Waals surface area contributed by atoms with Gasteiger partial charge in [-0.15, -0.1) is 11.3 Å². The van der Waals surface area contributed by atoms with E-state index in [1.54, 1.807) is 19.4 Å². The Morgan fingerprint density at radius 2 is 2.00 bits per heavy atom. The van der Waals surface area contributed by atoms with Crippen LogP contribution in [-0.4, -0.2) is 35.3 Å². The zero-order valence-electron chi connectivity index (χ0n) is 17.8. The van der Waals surface area contributed by atoms with E-state index in [2.05, 4.69) is 22.1 Å². The Bertz CT molecular complexity index is 944. The molecule has 0 saturated heterocycles. The molecule has 3 rings (SSSR count). The number of hydrogen-bond acceptors (Lipinski definition) is 6. The number of nitrogens with one attached hydrogen (secondary N) is 1. The van der Waals surface area contributed by atoms with Gasteiger partial charge in [0.1, 0.15) is 10.6 Å². The van der Waals surface area contributed by atoms with Crippen LogP contribution in [0.1, 0.15) is 61.0 Å². The van der Waals surface area contributed by atoms with Gasteiger partial charge in [-0.25, -0.2) is 9.78 Å². The van der Waals surface area contributed by atoms with Gasteiger partial charge in [0.25, 0.3) is 0 Å². The first-order valence-corrected chi connectivity index (χ1v) is 10.9. The van der Waals surface area contributed by atoms with Gasteiger partial charge in [-0.2, -0.15) is 0 Å². The summed E-state index contributed by atoms with van der Waals surface area (Å²) in [4.78, 5) is 16.9. The number of carbonyl (C=O) groups is 1. The Morgan fingerprint density at radius 1 is 1.27 bits per heavy atom. The second-order valence-electron chi connectivity index (χ2n) is 8.43. The van der Waals surface area contributed by atoms with Crippen molar-refractivity contribution in [2.75, 3.05) is 12.4 Å². The van der Waals surface area contributed by atoms with E-state index in [1.807, 2.05) is 32.9 Å². The maximum atomic E-state index is 11.7. The fraction of sp³-hybridized carbons (Fsp3) is 0.478. The molecule has 0 aliphatic heterocycles. The van der Waals surface area contributed by atoms with Crippen molar-refractivity contribution in [2.45, 2.75) is 58.6 Å². The third-order valence-corrected chi connectivity index (χ3v) is 5.78. The maximum absolute atomic E-state index is 11.7. The van der Waals surface area contributed by atoms with Gasteiger partial charge in [-0.1, -0.05) is 11.8 Å². The van der Waals surface area contributed by atoms with Crippen LogP contribution < -0.4 is 14.8 Å². The fourth-order valence-corrected chi connectivity index (χ4v) is 4.10. The van der Waals surface area contributed by atoms with E-state index in [4.69, 9.17) is 9.47 Å². The lowest BCUT2D eigenvalue weighted by atomic mass is 9.92. The number of methoxy groups -OCH3 is 1. The average molecular weight is 429 g/mol. The van der Waals surface area contributed by atoms with E-state index in [0.29, 0.717) is 16.4 Å². The Hall–Kier alpha value is -2.72. The molecule has 0 unspecified atom stereocenters. The van der Waals surface area contributed by atoms with Gasteiger partial charge in [-0.05, 0) is 58.6 Å². The van der Waals surface area contributed by atoms with Crippen LogP contribution >= 0.6 is 11.3 Å². The molecule has 7 heteroatoms. The maximum Gasteiger partial charge on any atom is 0.348 e. The molecule has 160 valence electrons. The minimum Gasteiger partial charge on any atom is -0.490 e. The molecule has 2 aromatic rings. The molecule has 2 aromatic heterocycles. The van der Waals surface area contributed by atoms with Crippen LogP contribution in [0.4, 0.5) is 5.69 Å². The molecule has 0 radical (unpaired) electrons. The number of carboxylic acids is 1. The quantitative estimate of drug-likeness (QED) is 0.627. The molecule has 1 saturated carbocycles. The number of aromatic carboxylic acids is 1. The lowest BCUT2D eigenvalue weighted by Crippen LogP contribution is -2.31. The number of pyridine rings is 1. The number of nitrogens with zero attached hydrogens (tertiary/aromatic N) is 1. The number of ether oxygens (including phenoxy) is 2. The highest BCUT2D eigenvalue weighted by atomic mass is 32.1. The number of rotatable bonds is 6. The minimum absolute atomic E-state index is 0.127. The van der Waals surface area contributed by atoms with Crippen LogP contribution in [-0.2, 0) is 0 Å². The zero-order valence-corrected chi connectivity index (χ0v) is 18.6. The molecule has 0 atom stereocenters. The van der Waals surface area contributed by atoms with Crippen molar-refractivity contribution < 1.29 is 19.4 Å².